The molecule has 1 amide bonds. The summed E-state index contributed by atoms with van der Waals surface area (Å²) in [5, 5.41) is 5.37. The van der Waals surface area contributed by atoms with Gasteiger partial charge in [-0.05, 0) is 61.2 Å². The Morgan fingerprint density at radius 3 is 2.64 bits per heavy atom. The number of aromatic nitrogens is 1. The molecule has 144 valence electrons. The van der Waals surface area contributed by atoms with Gasteiger partial charge >= 0.3 is 0 Å². The van der Waals surface area contributed by atoms with Crippen LogP contribution in [0.3, 0.4) is 0 Å². The lowest BCUT2D eigenvalue weighted by Gasteiger charge is -2.04. The van der Waals surface area contributed by atoms with Crippen molar-refractivity contribution in [2.75, 3.05) is 11.9 Å². The van der Waals surface area contributed by atoms with E-state index in [1.807, 2.05) is 29.6 Å². The van der Waals surface area contributed by atoms with Gasteiger partial charge in [0.15, 0.2) is 5.13 Å². The van der Waals surface area contributed by atoms with Crippen LogP contribution in [-0.4, -0.2) is 17.5 Å². The third-order valence-corrected chi connectivity index (χ3v) is 5.07. The fraction of sp³-hybridized carbons (Fsp3) is 0.217. The Balaban J connectivity index is 1.59. The maximum atomic E-state index is 12.2. The SMILES string of the molecule is CCCOc1ccc(/C=C/C(=O)Nc2nc(-c3ccc(C)c(C)c3)cs2)cc1. The summed E-state index contributed by atoms with van der Waals surface area (Å²) in [7, 11) is 0. The molecule has 0 bridgehead atoms. The highest BCUT2D eigenvalue weighted by Crippen LogP contribution is 2.26. The number of anilines is 1. The van der Waals surface area contributed by atoms with Gasteiger partial charge in [0.2, 0.25) is 5.91 Å². The molecule has 2 aromatic carbocycles. The Kier molecular flexibility index (Phi) is 6.61. The number of carbonyl (C=O) groups is 1. The van der Waals surface area contributed by atoms with Crippen LogP contribution in [0.1, 0.15) is 30.0 Å². The van der Waals surface area contributed by atoms with Crippen molar-refractivity contribution in [3.8, 4) is 17.0 Å². The van der Waals surface area contributed by atoms with E-state index >= 15 is 0 Å². The van der Waals surface area contributed by atoms with E-state index in [1.165, 1.54) is 28.5 Å². The van der Waals surface area contributed by atoms with E-state index < -0.39 is 0 Å². The van der Waals surface area contributed by atoms with Gasteiger partial charge in [-0.25, -0.2) is 4.98 Å². The summed E-state index contributed by atoms with van der Waals surface area (Å²) >= 11 is 1.42. The number of amides is 1. The van der Waals surface area contributed by atoms with Gasteiger partial charge in [0, 0.05) is 17.0 Å². The molecule has 4 nitrogen and oxygen atoms in total. The van der Waals surface area contributed by atoms with Gasteiger partial charge in [-0.3, -0.25) is 10.1 Å². The highest BCUT2D eigenvalue weighted by atomic mass is 32.1. The van der Waals surface area contributed by atoms with Crippen molar-refractivity contribution in [1.82, 2.24) is 4.98 Å². The second-order valence-electron chi connectivity index (χ2n) is 6.58. The molecular formula is C23H24N2O2S. The van der Waals surface area contributed by atoms with Crippen molar-refractivity contribution < 1.29 is 9.53 Å². The number of nitrogens with one attached hydrogen (secondary N) is 1. The number of thiazole rings is 1. The number of ether oxygens (including phenoxy) is 1. The quantitative estimate of drug-likeness (QED) is 0.512. The van der Waals surface area contributed by atoms with Crippen molar-refractivity contribution in [2.24, 2.45) is 0 Å². The summed E-state index contributed by atoms with van der Waals surface area (Å²) in [5.74, 6) is 0.636. The molecule has 0 aliphatic rings. The molecule has 1 N–H and O–H groups in total. The van der Waals surface area contributed by atoms with E-state index in [1.54, 1.807) is 6.08 Å². The molecule has 1 heterocycles. The average molecular weight is 393 g/mol. The van der Waals surface area contributed by atoms with Gasteiger partial charge in [-0.15, -0.1) is 11.3 Å². The maximum Gasteiger partial charge on any atom is 0.250 e. The summed E-state index contributed by atoms with van der Waals surface area (Å²) in [6.45, 7) is 6.95. The van der Waals surface area contributed by atoms with E-state index in [4.69, 9.17) is 4.74 Å². The number of rotatable bonds is 7. The maximum absolute atomic E-state index is 12.2. The Morgan fingerprint density at radius 2 is 1.93 bits per heavy atom. The highest BCUT2D eigenvalue weighted by molar-refractivity contribution is 7.14. The van der Waals surface area contributed by atoms with Crippen LogP contribution in [-0.2, 0) is 4.79 Å². The highest BCUT2D eigenvalue weighted by Gasteiger charge is 2.07. The summed E-state index contributed by atoms with van der Waals surface area (Å²) in [4.78, 5) is 16.7. The van der Waals surface area contributed by atoms with Gasteiger partial charge in [-0.2, -0.15) is 0 Å². The lowest BCUT2D eigenvalue weighted by molar-refractivity contribution is -0.111. The molecule has 0 spiro atoms. The van der Waals surface area contributed by atoms with Gasteiger partial charge in [0.1, 0.15) is 5.75 Å². The van der Waals surface area contributed by atoms with Crippen LogP contribution in [0.15, 0.2) is 53.9 Å². The van der Waals surface area contributed by atoms with E-state index in [0.717, 1.165) is 29.0 Å². The first-order chi connectivity index (χ1) is 13.5. The van der Waals surface area contributed by atoms with Crippen molar-refractivity contribution in [3.05, 3.63) is 70.6 Å². The minimum Gasteiger partial charge on any atom is -0.494 e. The Bertz CT molecular complexity index is 975. The van der Waals surface area contributed by atoms with Gasteiger partial charge < -0.3 is 4.74 Å². The molecular weight excluding hydrogens is 368 g/mol. The zero-order chi connectivity index (χ0) is 19.9. The lowest BCUT2D eigenvalue weighted by Crippen LogP contribution is -2.07. The number of nitrogens with zero attached hydrogens (tertiary/aromatic N) is 1. The monoisotopic (exact) mass is 392 g/mol. The molecule has 0 aliphatic carbocycles. The van der Waals surface area contributed by atoms with Crippen LogP contribution in [0.4, 0.5) is 5.13 Å². The zero-order valence-electron chi connectivity index (χ0n) is 16.4. The first-order valence-corrected chi connectivity index (χ1v) is 10.2. The van der Waals surface area contributed by atoms with Gasteiger partial charge in [0.05, 0.1) is 12.3 Å². The van der Waals surface area contributed by atoms with E-state index in [9.17, 15) is 4.79 Å². The van der Waals surface area contributed by atoms with Gasteiger partial charge in [0.25, 0.3) is 0 Å². The van der Waals surface area contributed by atoms with Crippen LogP contribution in [0.5, 0.6) is 5.75 Å². The zero-order valence-corrected chi connectivity index (χ0v) is 17.2. The minimum absolute atomic E-state index is 0.202. The van der Waals surface area contributed by atoms with Crippen molar-refractivity contribution in [2.45, 2.75) is 27.2 Å². The molecule has 1 aromatic heterocycles. The number of carbonyl (C=O) groups excluding carboxylic acids is 1. The summed E-state index contributed by atoms with van der Waals surface area (Å²) in [5.41, 5.74) is 5.34. The molecule has 0 aliphatic heterocycles. The van der Waals surface area contributed by atoms with Gasteiger partial charge in [-0.1, -0.05) is 31.2 Å². The van der Waals surface area contributed by atoms with E-state index in [0.29, 0.717) is 11.7 Å². The number of aryl methyl sites for hydroxylation is 2. The molecule has 0 radical (unpaired) electrons. The normalized spacial score (nSPS) is 11.0. The molecule has 3 rings (SSSR count). The summed E-state index contributed by atoms with van der Waals surface area (Å²) in [6.07, 6.45) is 4.26. The molecule has 5 heteroatoms. The van der Waals surface area contributed by atoms with Crippen molar-refractivity contribution >= 4 is 28.5 Å². The predicted molar refractivity (Wildman–Crippen MR) is 117 cm³/mol. The minimum atomic E-state index is -0.202. The van der Waals surface area contributed by atoms with Crippen LogP contribution >= 0.6 is 11.3 Å². The molecule has 0 atom stereocenters. The first-order valence-electron chi connectivity index (χ1n) is 9.30. The topological polar surface area (TPSA) is 51.2 Å². The number of hydrogen-bond acceptors (Lipinski definition) is 4. The molecule has 0 unspecified atom stereocenters. The predicted octanol–water partition coefficient (Wildman–Crippen LogP) is 5.87. The third-order valence-electron chi connectivity index (χ3n) is 4.32. The van der Waals surface area contributed by atoms with E-state index in [2.05, 4.69) is 49.3 Å². The molecule has 0 saturated heterocycles. The van der Waals surface area contributed by atoms with Crippen molar-refractivity contribution in [1.29, 1.82) is 0 Å². The standard InChI is InChI=1S/C23H24N2O2S/c1-4-13-27-20-10-6-18(7-11-20)8-12-22(26)25-23-24-21(15-28-23)19-9-5-16(2)17(3)14-19/h5-12,14-15H,4,13H2,1-3H3,(H,24,25,26)/b12-8+. The summed E-state index contributed by atoms with van der Waals surface area (Å²) in [6, 6.07) is 13.9. The second kappa shape index (κ2) is 9.33. The second-order valence-corrected chi connectivity index (χ2v) is 7.44. The van der Waals surface area contributed by atoms with Crippen LogP contribution < -0.4 is 10.1 Å². The number of benzene rings is 2. The average Bonchev–Trinajstić information content (AvgIpc) is 3.16. The fourth-order valence-electron chi connectivity index (χ4n) is 2.58. The Morgan fingerprint density at radius 1 is 1.14 bits per heavy atom. The fourth-order valence-corrected chi connectivity index (χ4v) is 3.30. The molecule has 28 heavy (non-hydrogen) atoms. The van der Waals surface area contributed by atoms with Crippen LogP contribution in [0, 0.1) is 13.8 Å². The molecule has 0 fully saturated rings. The molecule has 3 aromatic rings. The number of hydrogen-bond donors (Lipinski definition) is 1. The summed E-state index contributed by atoms with van der Waals surface area (Å²) < 4.78 is 5.56. The third kappa shape index (κ3) is 5.30. The lowest BCUT2D eigenvalue weighted by atomic mass is 10.1. The van der Waals surface area contributed by atoms with E-state index in [-0.39, 0.29) is 5.91 Å². The largest absolute Gasteiger partial charge is 0.494 e. The Labute approximate surface area is 169 Å². The smallest absolute Gasteiger partial charge is 0.250 e. The first kappa shape index (κ1) is 19.8. The Hall–Kier alpha value is -2.92. The van der Waals surface area contributed by atoms with Crippen LogP contribution in [0.25, 0.3) is 17.3 Å². The molecule has 0 saturated carbocycles. The van der Waals surface area contributed by atoms with Crippen molar-refractivity contribution in [3.63, 3.8) is 0 Å². The van der Waals surface area contributed by atoms with Crippen LogP contribution in [0.2, 0.25) is 0 Å².